The molecule has 0 spiro atoms. The normalized spacial score (nSPS) is 17.5. The van der Waals surface area contributed by atoms with Gasteiger partial charge in [0, 0.05) is 31.6 Å². The summed E-state index contributed by atoms with van der Waals surface area (Å²) < 4.78 is 1.91. The Hall–Kier alpha value is -1.85. The van der Waals surface area contributed by atoms with E-state index in [0.717, 1.165) is 24.2 Å². The Morgan fingerprint density at radius 2 is 2.00 bits per heavy atom. The van der Waals surface area contributed by atoms with E-state index in [4.69, 9.17) is 5.11 Å². The van der Waals surface area contributed by atoms with Crippen LogP contribution >= 0.6 is 0 Å². The number of carbonyl (C=O) groups is 2. The lowest BCUT2D eigenvalue weighted by atomic mass is 9.93. The maximum atomic E-state index is 12.4. The van der Waals surface area contributed by atoms with Crippen LogP contribution in [0.3, 0.4) is 0 Å². The number of piperidine rings is 1. The second-order valence-electron chi connectivity index (χ2n) is 6.35. The summed E-state index contributed by atoms with van der Waals surface area (Å²) in [5.74, 6) is -0.410. The second kappa shape index (κ2) is 6.94. The average molecular weight is 307 g/mol. The lowest BCUT2D eigenvalue weighted by molar-refractivity contribution is -0.138. The minimum Gasteiger partial charge on any atom is -0.481 e. The number of amides is 1. The molecule has 1 fully saturated rings. The van der Waals surface area contributed by atoms with E-state index >= 15 is 0 Å². The zero-order chi connectivity index (χ0) is 16.3. The lowest BCUT2D eigenvalue weighted by Gasteiger charge is -2.32. The molecule has 1 saturated heterocycles. The minimum atomic E-state index is -0.747. The van der Waals surface area contributed by atoms with Crippen LogP contribution in [0.4, 0.5) is 0 Å². The summed E-state index contributed by atoms with van der Waals surface area (Å²) in [5.41, 5.74) is 2.03. The van der Waals surface area contributed by atoms with Crippen LogP contribution < -0.4 is 0 Å². The number of aromatic nitrogens is 2. The number of aryl methyl sites for hydroxylation is 2. The highest BCUT2D eigenvalue weighted by atomic mass is 16.4. The minimum absolute atomic E-state index is 0.0398. The van der Waals surface area contributed by atoms with Gasteiger partial charge in [0.1, 0.15) is 0 Å². The number of carbonyl (C=O) groups excluding carboxylic acids is 1. The van der Waals surface area contributed by atoms with Gasteiger partial charge in [0.2, 0.25) is 5.91 Å². The van der Waals surface area contributed by atoms with Gasteiger partial charge in [0.25, 0.3) is 0 Å². The van der Waals surface area contributed by atoms with Crippen molar-refractivity contribution in [3.05, 3.63) is 17.5 Å². The van der Waals surface area contributed by atoms with Crippen LogP contribution in [0.1, 0.15) is 50.0 Å². The van der Waals surface area contributed by atoms with Crippen LogP contribution in [-0.2, 0) is 9.59 Å². The van der Waals surface area contributed by atoms with Gasteiger partial charge >= 0.3 is 5.97 Å². The lowest BCUT2D eigenvalue weighted by Crippen LogP contribution is -2.39. The third-order valence-electron chi connectivity index (χ3n) is 4.36. The molecule has 0 aliphatic carbocycles. The Kier molecular flexibility index (Phi) is 5.21. The van der Waals surface area contributed by atoms with E-state index in [1.165, 1.54) is 0 Å². The fourth-order valence-electron chi connectivity index (χ4n) is 3.19. The van der Waals surface area contributed by atoms with Crippen molar-refractivity contribution in [1.82, 2.24) is 14.7 Å². The Bertz CT molecular complexity index is 545. The number of carboxylic acid groups (broad SMARTS) is 1. The molecule has 122 valence electrons. The molecule has 2 heterocycles. The molecule has 0 bridgehead atoms. The Morgan fingerprint density at radius 3 is 2.50 bits per heavy atom. The van der Waals surface area contributed by atoms with Gasteiger partial charge in [0.15, 0.2) is 0 Å². The predicted octanol–water partition coefficient (Wildman–Crippen LogP) is 2.16. The molecule has 1 N–H and O–H groups in total. The van der Waals surface area contributed by atoms with Gasteiger partial charge in [-0.05, 0) is 45.6 Å². The summed E-state index contributed by atoms with van der Waals surface area (Å²) in [6.07, 6.45) is 2.22. The Balaban J connectivity index is 1.85. The number of rotatable bonds is 5. The van der Waals surface area contributed by atoms with Crippen LogP contribution in [0.15, 0.2) is 6.07 Å². The van der Waals surface area contributed by atoms with E-state index in [1.54, 1.807) is 0 Å². The summed E-state index contributed by atoms with van der Waals surface area (Å²) in [6.45, 7) is 7.29. The predicted molar refractivity (Wildman–Crippen MR) is 82.6 cm³/mol. The van der Waals surface area contributed by atoms with Crippen molar-refractivity contribution < 1.29 is 14.7 Å². The SMILES string of the molecule is Cc1cc(C)n(C(C)CC(=O)N2CCC(CC(=O)O)CC2)n1. The molecule has 6 heteroatoms. The van der Waals surface area contributed by atoms with Gasteiger partial charge in [0.05, 0.1) is 11.7 Å². The number of aliphatic carboxylic acids is 1. The summed E-state index contributed by atoms with van der Waals surface area (Å²) in [6, 6.07) is 2.05. The fraction of sp³-hybridized carbons (Fsp3) is 0.688. The Morgan fingerprint density at radius 1 is 1.36 bits per heavy atom. The first-order valence-electron chi connectivity index (χ1n) is 7.89. The molecule has 0 aromatic carbocycles. The van der Waals surface area contributed by atoms with E-state index in [0.29, 0.717) is 19.5 Å². The van der Waals surface area contributed by atoms with Crippen molar-refractivity contribution >= 4 is 11.9 Å². The number of nitrogens with zero attached hydrogens (tertiary/aromatic N) is 3. The van der Waals surface area contributed by atoms with Crippen molar-refractivity contribution in [3.63, 3.8) is 0 Å². The molecule has 1 aliphatic rings. The highest BCUT2D eigenvalue weighted by Crippen LogP contribution is 2.22. The molecule has 1 aromatic heterocycles. The zero-order valence-corrected chi connectivity index (χ0v) is 13.6. The van der Waals surface area contributed by atoms with Gasteiger partial charge in [-0.15, -0.1) is 0 Å². The summed E-state index contributed by atoms with van der Waals surface area (Å²) in [4.78, 5) is 25.0. The van der Waals surface area contributed by atoms with Gasteiger partial charge in [-0.3, -0.25) is 14.3 Å². The summed E-state index contributed by atoms with van der Waals surface area (Å²) >= 11 is 0. The maximum absolute atomic E-state index is 12.4. The molecule has 1 unspecified atom stereocenters. The van der Waals surface area contributed by atoms with E-state index in [2.05, 4.69) is 5.10 Å². The van der Waals surface area contributed by atoms with Gasteiger partial charge in [-0.2, -0.15) is 5.10 Å². The van der Waals surface area contributed by atoms with Crippen LogP contribution in [0.5, 0.6) is 0 Å². The molecule has 1 amide bonds. The molecule has 6 nitrogen and oxygen atoms in total. The van der Waals surface area contributed by atoms with Crippen LogP contribution in [-0.4, -0.2) is 44.8 Å². The van der Waals surface area contributed by atoms with Crippen LogP contribution in [0.25, 0.3) is 0 Å². The standard InChI is InChI=1S/C16H25N3O3/c1-11-8-12(2)19(17-11)13(3)9-15(20)18-6-4-14(5-7-18)10-16(21)22/h8,13-14H,4-7,9-10H2,1-3H3,(H,21,22). The molecule has 1 atom stereocenters. The first-order valence-corrected chi connectivity index (χ1v) is 7.89. The molecular formula is C16H25N3O3. The first kappa shape index (κ1) is 16.5. The maximum Gasteiger partial charge on any atom is 0.303 e. The van der Waals surface area contributed by atoms with Crippen LogP contribution in [0.2, 0.25) is 0 Å². The second-order valence-corrected chi connectivity index (χ2v) is 6.35. The third kappa shape index (κ3) is 4.08. The van der Waals surface area contributed by atoms with Crippen molar-refractivity contribution in [2.24, 2.45) is 5.92 Å². The van der Waals surface area contributed by atoms with E-state index in [-0.39, 0.29) is 24.3 Å². The smallest absolute Gasteiger partial charge is 0.303 e. The monoisotopic (exact) mass is 307 g/mol. The molecule has 2 rings (SSSR count). The summed E-state index contributed by atoms with van der Waals surface area (Å²) in [5, 5.41) is 13.3. The van der Waals surface area contributed by atoms with Gasteiger partial charge in [-0.1, -0.05) is 0 Å². The molecule has 0 saturated carbocycles. The molecular weight excluding hydrogens is 282 g/mol. The largest absolute Gasteiger partial charge is 0.481 e. The molecule has 1 aliphatic heterocycles. The van der Waals surface area contributed by atoms with Crippen molar-refractivity contribution in [2.45, 2.75) is 52.5 Å². The highest BCUT2D eigenvalue weighted by Gasteiger charge is 2.25. The fourth-order valence-corrected chi connectivity index (χ4v) is 3.19. The van der Waals surface area contributed by atoms with Crippen LogP contribution in [0, 0.1) is 19.8 Å². The molecule has 1 aromatic rings. The molecule has 0 radical (unpaired) electrons. The van der Waals surface area contributed by atoms with Crippen molar-refractivity contribution in [2.75, 3.05) is 13.1 Å². The summed E-state index contributed by atoms with van der Waals surface area (Å²) in [7, 11) is 0. The quantitative estimate of drug-likeness (QED) is 0.904. The number of likely N-dealkylation sites (tertiary alicyclic amines) is 1. The Labute approximate surface area is 131 Å². The van der Waals surface area contributed by atoms with Gasteiger partial charge < -0.3 is 10.0 Å². The third-order valence-corrected chi connectivity index (χ3v) is 4.36. The van der Waals surface area contributed by atoms with E-state index in [1.807, 2.05) is 36.4 Å². The topological polar surface area (TPSA) is 75.4 Å². The number of hydrogen-bond donors (Lipinski definition) is 1. The average Bonchev–Trinajstić information content (AvgIpc) is 2.78. The van der Waals surface area contributed by atoms with Gasteiger partial charge in [-0.25, -0.2) is 0 Å². The van der Waals surface area contributed by atoms with E-state index < -0.39 is 5.97 Å². The number of carboxylic acids is 1. The highest BCUT2D eigenvalue weighted by molar-refractivity contribution is 5.76. The van der Waals surface area contributed by atoms with Crippen molar-refractivity contribution in [1.29, 1.82) is 0 Å². The number of hydrogen-bond acceptors (Lipinski definition) is 3. The molecule has 22 heavy (non-hydrogen) atoms. The zero-order valence-electron chi connectivity index (χ0n) is 13.6. The van der Waals surface area contributed by atoms with Crippen molar-refractivity contribution in [3.8, 4) is 0 Å². The van der Waals surface area contributed by atoms with E-state index in [9.17, 15) is 9.59 Å². The first-order chi connectivity index (χ1) is 10.4.